The number of carbonyl (C=O) groups excluding carboxylic acids is 2. The van der Waals surface area contributed by atoms with Gasteiger partial charge in [0.2, 0.25) is 5.91 Å². The molecule has 1 aliphatic carbocycles. The number of nitrogens with zero attached hydrogens (tertiary/aromatic N) is 1. The number of para-hydroxylation sites is 1. The molecule has 0 radical (unpaired) electrons. The van der Waals surface area contributed by atoms with Crippen molar-refractivity contribution in [1.82, 2.24) is 10.2 Å². The molecule has 1 saturated carbocycles. The van der Waals surface area contributed by atoms with Crippen LogP contribution < -0.4 is 10.1 Å². The molecule has 1 aromatic rings. The summed E-state index contributed by atoms with van der Waals surface area (Å²) in [6, 6.07) is 6.13. The van der Waals surface area contributed by atoms with Crippen LogP contribution in [0.3, 0.4) is 0 Å². The first kappa shape index (κ1) is 13.9. The van der Waals surface area contributed by atoms with E-state index in [4.69, 9.17) is 4.74 Å². The summed E-state index contributed by atoms with van der Waals surface area (Å²) in [4.78, 5) is 25.4. The van der Waals surface area contributed by atoms with Gasteiger partial charge in [0.25, 0.3) is 5.91 Å². The van der Waals surface area contributed by atoms with Gasteiger partial charge < -0.3 is 15.0 Å². The number of rotatable bonds is 5. The van der Waals surface area contributed by atoms with Crippen molar-refractivity contribution < 1.29 is 18.7 Å². The number of carbonyl (C=O) groups is 2. The molecule has 0 bridgehead atoms. The predicted molar refractivity (Wildman–Crippen MR) is 73.2 cm³/mol. The molecule has 0 unspecified atom stereocenters. The number of benzene rings is 1. The number of ether oxygens (including phenoxy) is 1. The fourth-order valence-corrected chi connectivity index (χ4v) is 2.54. The second-order valence-corrected chi connectivity index (χ2v) is 5.46. The number of amides is 2. The van der Waals surface area contributed by atoms with E-state index in [2.05, 4.69) is 5.32 Å². The summed E-state index contributed by atoms with van der Waals surface area (Å²) in [7, 11) is 0. The van der Waals surface area contributed by atoms with Crippen LogP contribution in [0, 0.1) is 5.82 Å². The van der Waals surface area contributed by atoms with Crippen LogP contribution in [0.4, 0.5) is 4.39 Å². The first-order valence-electron chi connectivity index (χ1n) is 7.09. The van der Waals surface area contributed by atoms with Crippen LogP contribution >= 0.6 is 0 Å². The highest BCUT2D eigenvalue weighted by Gasteiger charge is 2.39. The fraction of sp³-hybridized carbons (Fsp3) is 0.467. The highest BCUT2D eigenvalue weighted by Crippen LogP contribution is 2.30. The maximum atomic E-state index is 13.3. The van der Waals surface area contributed by atoms with Gasteiger partial charge in [-0.25, -0.2) is 4.39 Å². The van der Waals surface area contributed by atoms with Crippen molar-refractivity contribution >= 4 is 11.8 Å². The highest BCUT2D eigenvalue weighted by atomic mass is 19.1. The van der Waals surface area contributed by atoms with Crippen LogP contribution in [0.25, 0.3) is 0 Å². The van der Waals surface area contributed by atoms with Crippen molar-refractivity contribution in [3.8, 4) is 5.75 Å². The lowest BCUT2D eigenvalue weighted by molar-refractivity contribution is -0.128. The lowest BCUT2D eigenvalue weighted by atomic mass is 10.2. The molecule has 1 aliphatic heterocycles. The number of likely N-dealkylation sites (tertiary alicyclic amines) is 1. The first-order chi connectivity index (χ1) is 10.1. The van der Waals surface area contributed by atoms with Gasteiger partial charge in [0.15, 0.2) is 18.2 Å². The molecule has 3 rings (SSSR count). The Morgan fingerprint density at radius 1 is 1.38 bits per heavy atom. The molecule has 2 fully saturated rings. The van der Waals surface area contributed by atoms with Crippen LogP contribution in [0.1, 0.15) is 19.3 Å². The maximum absolute atomic E-state index is 13.3. The van der Waals surface area contributed by atoms with Crippen LogP contribution in [0.5, 0.6) is 5.75 Å². The van der Waals surface area contributed by atoms with Crippen molar-refractivity contribution in [3.05, 3.63) is 30.1 Å². The maximum Gasteiger partial charge on any atom is 0.258 e. The summed E-state index contributed by atoms with van der Waals surface area (Å²) in [5, 5.41) is 2.76. The molecule has 1 N–H and O–H groups in total. The van der Waals surface area contributed by atoms with Crippen LogP contribution in [0.2, 0.25) is 0 Å². The van der Waals surface area contributed by atoms with Crippen molar-refractivity contribution in [3.63, 3.8) is 0 Å². The summed E-state index contributed by atoms with van der Waals surface area (Å²) in [5.41, 5.74) is 0. The van der Waals surface area contributed by atoms with Gasteiger partial charge >= 0.3 is 0 Å². The Labute approximate surface area is 122 Å². The van der Waals surface area contributed by atoms with Gasteiger partial charge in [-0.1, -0.05) is 12.1 Å². The second kappa shape index (κ2) is 5.71. The third kappa shape index (κ3) is 3.32. The quantitative estimate of drug-likeness (QED) is 0.883. The minimum Gasteiger partial charge on any atom is -0.481 e. The number of nitrogens with one attached hydrogen (secondary N) is 1. The van der Waals surface area contributed by atoms with Gasteiger partial charge in [0.05, 0.1) is 6.04 Å². The van der Waals surface area contributed by atoms with Crippen LogP contribution in [0.15, 0.2) is 24.3 Å². The van der Waals surface area contributed by atoms with E-state index in [-0.39, 0.29) is 30.2 Å². The van der Waals surface area contributed by atoms with Crippen molar-refractivity contribution in [2.45, 2.75) is 31.3 Å². The topological polar surface area (TPSA) is 58.6 Å². The normalized spacial score (nSPS) is 21.5. The molecule has 21 heavy (non-hydrogen) atoms. The molecule has 5 nitrogen and oxygen atoms in total. The van der Waals surface area contributed by atoms with E-state index in [1.54, 1.807) is 12.1 Å². The minimum absolute atomic E-state index is 0.0507. The zero-order valence-corrected chi connectivity index (χ0v) is 11.5. The van der Waals surface area contributed by atoms with E-state index in [1.807, 2.05) is 4.90 Å². The Bertz CT molecular complexity index is 560. The van der Waals surface area contributed by atoms with E-state index >= 15 is 0 Å². The Balaban J connectivity index is 1.46. The lowest BCUT2D eigenvalue weighted by Gasteiger charge is -2.16. The zero-order chi connectivity index (χ0) is 14.8. The summed E-state index contributed by atoms with van der Waals surface area (Å²) in [6.07, 6.45) is 2.45. The number of halogens is 1. The highest BCUT2D eigenvalue weighted by molar-refractivity contribution is 5.83. The summed E-state index contributed by atoms with van der Waals surface area (Å²) in [5.74, 6) is -0.692. The third-order valence-corrected chi connectivity index (χ3v) is 3.71. The summed E-state index contributed by atoms with van der Waals surface area (Å²) >= 11 is 0. The molecule has 0 spiro atoms. The third-order valence-electron chi connectivity index (χ3n) is 3.71. The number of hydrogen-bond acceptors (Lipinski definition) is 3. The average Bonchev–Trinajstić information content (AvgIpc) is 3.23. The summed E-state index contributed by atoms with van der Waals surface area (Å²) in [6.45, 7) is 0.310. The Morgan fingerprint density at radius 3 is 2.86 bits per heavy atom. The molecule has 0 aromatic heterocycles. The Morgan fingerprint density at radius 2 is 2.14 bits per heavy atom. The van der Waals surface area contributed by atoms with Crippen LogP contribution in [-0.2, 0) is 9.59 Å². The van der Waals surface area contributed by atoms with Crippen molar-refractivity contribution in [1.29, 1.82) is 0 Å². The van der Waals surface area contributed by atoms with Gasteiger partial charge in [-0.3, -0.25) is 9.59 Å². The van der Waals surface area contributed by atoms with E-state index in [0.717, 1.165) is 12.8 Å². The second-order valence-electron chi connectivity index (χ2n) is 5.46. The van der Waals surface area contributed by atoms with E-state index < -0.39 is 5.82 Å². The lowest BCUT2D eigenvalue weighted by Crippen LogP contribution is -2.40. The van der Waals surface area contributed by atoms with Gasteiger partial charge in [0.1, 0.15) is 0 Å². The molecule has 1 heterocycles. The van der Waals surface area contributed by atoms with Gasteiger partial charge in [-0.05, 0) is 25.0 Å². The zero-order valence-electron chi connectivity index (χ0n) is 11.5. The minimum atomic E-state index is -0.499. The molecule has 112 valence electrons. The molecule has 1 saturated heterocycles. The molecule has 1 aromatic carbocycles. The molecule has 2 aliphatic rings. The standard InChI is InChI=1S/C15H17FN2O3/c16-12-3-1-2-4-13(12)21-9-14(19)17-10-7-15(20)18(8-10)11-5-6-11/h1-4,10-11H,5-9H2,(H,17,19)/t10-/m1/s1. The van der Waals surface area contributed by atoms with Gasteiger partial charge in [0, 0.05) is 19.0 Å². The summed E-state index contributed by atoms with van der Waals surface area (Å²) < 4.78 is 18.5. The largest absolute Gasteiger partial charge is 0.481 e. The fourth-order valence-electron chi connectivity index (χ4n) is 2.54. The van der Waals surface area contributed by atoms with E-state index in [1.165, 1.54) is 12.1 Å². The monoisotopic (exact) mass is 292 g/mol. The molecule has 1 atom stereocenters. The Hall–Kier alpha value is -2.11. The van der Waals surface area contributed by atoms with Crippen molar-refractivity contribution in [2.75, 3.05) is 13.2 Å². The molecule has 2 amide bonds. The van der Waals surface area contributed by atoms with Crippen LogP contribution in [-0.4, -0.2) is 41.9 Å². The average molecular weight is 292 g/mol. The Kier molecular flexibility index (Phi) is 3.77. The van der Waals surface area contributed by atoms with Crippen molar-refractivity contribution in [2.24, 2.45) is 0 Å². The predicted octanol–water partition coefficient (Wildman–Crippen LogP) is 1.08. The number of hydrogen-bond donors (Lipinski definition) is 1. The molecular formula is C15H17FN2O3. The van der Waals surface area contributed by atoms with E-state index in [9.17, 15) is 14.0 Å². The SMILES string of the molecule is O=C(COc1ccccc1F)N[C@@H]1CC(=O)N(C2CC2)C1. The van der Waals surface area contributed by atoms with Gasteiger partial charge in [-0.15, -0.1) is 0 Å². The molecule has 6 heteroatoms. The first-order valence-corrected chi connectivity index (χ1v) is 7.09. The van der Waals surface area contributed by atoms with Gasteiger partial charge in [-0.2, -0.15) is 0 Å². The smallest absolute Gasteiger partial charge is 0.258 e. The van der Waals surface area contributed by atoms with E-state index in [0.29, 0.717) is 19.0 Å². The molecular weight excluding hydrogens is 275 g/mol.